The minimum Gasteiger partial charge on any atom is -0.549 e. The molecule has 1 atom stereocenters. The number of carbonyl (C=O) groups is 1. The zero-order valence-corrected chi connectivity index (χ0v) is 13.1. The summed E-state index contributed by atoms with van der Waals surface area (Å²) in [7, 11) is 0. The number of halogens is 1. The Bertz CT molecular complexity index is 733. The average molecular weight is 348 g/mol. The highest BCUT2D eigenvalue weighted by Gasteiger charge is 2.48. The highest BCUT2D eigenvalue weighted by atomic mass is 79.9. The van der Waals surface area contributed by atoms with Gasteiger partial charge in [0.2, 0.25) is 0 Å². The van der Waals surface area contributed by atoms with Crippen molar-refractivity contribution in [3.63, 3.8) is 0 Å². The lowest BCUT2D eigenvalue weighted by molar-refractivity contribution is -0.326. The largest absolute Gasteiger partial charge is 0.549 e. The molecule has 21 heavy (non-hydrogen) atoms. The zero-order valence-electron chi connectivity index (χ0n) is 11.5. The first-order valence-electron chi connectivity index (χ1n) is 7.37. The second-order valence-corrected chi connectivity index (χ2v) is 7.06. The predicted molar refractivity (Wildman–Crippen MR) is 81.7 cm³/mol. The van der Waals surface area contributed by atoms with Crippen LogP contribution in [-0.4, -0.2) is 17.5 Å². The highest BCUT2D eigenvalue weighted by Crippen LogP contribution is 2.51. The Morgan fingerprint density at radius 3 is 2.86 bits per heavy atom. The van der Waals surface area contributed by atoms with Crippen LogP contribution in [0.1, 0.15) is 36.6 Å². The smallest absolute Gasteiger partial charge is 0.0586 e. The van der Waals surface area contributed by atoms with Crippen molar-refractivity contribution in [3.8, 4) is 0 Å². The molecule has 1 aliphatic heterocycles. The Labute approximate surface area is 131 Å². The van der Waals surface area contributed by atoms with E-state index in [-0.39, 0.29) is 6.04 Å². The topological polar surface area (TPSA) is 67.9 Å². The minimum atomic E-state index is -0.918. The summed E-state index contributed by atoms with van der Waals surface area (Å²) < 4.78 is 1.05. The van der Waals surface area contributed by atoms with Gasteiger partial charge in [-0.15, -0.1) is 0 Å². The molecule has 0 bridgehead atoms. The first kappa shape index (κ1) is 13.3. The molecule has 0 amide bonds. The number of H-pyrrole nitrogens is 1. The number of hydrogen-bond acceptors (Lipinski definition) is 3. The molecule has 5 heteroatoms. The van der Waals surface area contributed by atoms with Crippen molar-refractivity contribution in [1.82, 2.24) is 10.3 Å². The lowest BCUT2D eigenvalue weighted by atomic mass is 9.62. The molecule has 4 nitrogen and oxygen atoms in total. The minimum absolute atomic E-state index is 0.161. The maximum atomic E-state index is 11.7. The van der Waals surface area contributed by atoms with E-state index in [0.29, 0.717) is 12.8 Å². The summed E-state index contributed by atoms with van der Waals surface area (Å²) in [5, 5.41) is 16.3. The van der Waals surface area contributed by atoms with Crippen molar-refractivity contribution in [2.45, 2.75) is 31.7 Å². The summed E-state index contributed by atoms with van der Waals surface area (Å²) in [6.45, 7) is 0.812. The molecule has 2 aliphatic rings. The molecule has 1 aromatic heterocycles. The van der Waals surface area contributed by atoms with E-state index in [1.165, 1.54) is 10.9 Å². The maximum Gasteiger partial charge on any atom is 0.0586 e. The van der Waals surface area contributed by atoms with Gasteiger partial charge in [-0.2, -0.15) is 0 Å². The van der Waals surface area contributed by atoms with E-state index in [1.807, 2.05) is 12.1 Å². The molecule has 0 radical (unpaired) electrons. The van der Waals surface area contributed by atoms with E-state index in [2.05, 4.69) is 32.3 Å². The fourth-order valence-electron chi connectivity index (χ4n) is 3.84. The number of aromatic amines is 1. The molecule has 0 spiro atoms. The Hall–Kier alpha value is -1.33. The SMILES string of the molecule is O=C([O-])C1(C2NCCc3c2[nH]c2ccc(Br)cc32)CCC1. The molecule has 1 unspecified atom stereocenters. The number of hydrogen-bond donors (Lipinski definition) is 2. The summed E-state index contributed by atoms with van der Waals surface area (Å²) in [5.41, 5.74) is 2.62. The van der Waals surface area contributed by atoms with Crippen LogP contribution in [0, 0.1) is 5.41 Å². The van der Waals surface area contributed by atoms with Gasteiger partial charge in [-0.25, -0.2) is 0 Å². The lowest BCUT2D eigenvalue weighted by Crippen LogP contribution is -2.55. The predicted octanol–water partition coefficient (Wildman–Crippen LogP) is 2.04. The van der Waals surface area contributed by atoms with Crippen LogP contribution in [0.25, 0.3) is 10.9 Å². The molecule has 0 saturated heterocycles. The summed E-state index contributed by atoms with van der Waals surface area (Å²) in [4.78, 5) is 15.2. The van der Waals surface area contributed by atoms with Gasteiger partial charge in [0, 0.05) is 32.5 Å². The molecule has 4 rings (SSSR count). The van der Waals surface area contributed by atoms with Gasteiger partial charge in [0.25, 0.3) is 0 Å². The quantitative estimate of drug-likeness (QED) is 0.873. The van der Waals surface area contributed by atoms with E-state index in [1.54, 1.807) is 0 Å². The second-order valence-electron chi connectivity index (χ2n) is 6.14. The number of benzene rings is 1. The first-order valence-corrected chi connectivity index (χ1v) is 8.16. The highest BCUT2D eigenvalue weighted by molar-refractivity contribution is 9.10. The van der Waals surface area contributed by atoms with Crippen LogP contribution in [0.4, 0.5) is 0 Å². The van der Waals surface area contributed by atoms with Crippen LogP contribution in [-0.2, 0) is 11.2 Å². The average Bonchev–Trinajstić information content (AvgIpc) is 2.76. The van der Waals surface area contributed by atoms with Crippen molar-refractivity contribution in [1.29, 1.82) is 0 Å². The zero-order chi connectivity index (χ0) is 14.6. The second kappa shape index (κ2) is 4.58. The lowest BCUT2D eigenvalue weighted by Gasteiger charge is -2.49. The van der Waals surface area contributed by atoms with Crippen molar-refractivity contribution < 1.29 is 9.90 Å². The van der Waals surface area contributed by atoms with Gasteiger partial charge in [0.1, 0.15) is 0 Å². The Morgan fingerprint density at radius 2 is 2.19 bits per heavy atom. The van der Waals surface area contributed by atoms with Gasteiger partial charge in [-0.3, -0.25) is 0 Å². The van der Waals surface area contributed by atoms with Gasteiger partial charge in [-0.05, 0) is 49.6 Å². The van der Waals surface area contributed by atoms with E-state index in [0.717, 1.165) is 35.1 Å². The number of aromatic nitrogens is 1. The van der Waals surface area contributed by atoms with E-state index < -0.39 is 11.4 Å². The molecule has 2 aromatic rings. The third-order valence-electron chi connectivity index (χ3n) is 5.12. The normalized spacial score (nSPS) is 23.6. The van der Waals surface area contributed by atoms with Crippen LogP contribution in [0.5, 0.6) is 0 Å². The van der Waals surface area contributed by atoms with Crippen LogP contribution in [0.3, 0.4) is 0 Å². The molecule has 110 valence electrons. The van der Waals surface area contributed by atoms with Crippen LogP contribution in [0.2, 0.25) is 0 Å². The Morgan fingerprint density at radius 1 is 1.38 bits per heavy atom. The molecule has 1 aliphatic carbocycles. The molecular weight excluding hydrogens is 332 g/mol. The van der Waals surface area contributed by atoms with Crippen molar-refractivity contribution >= 4 is 32.8 Å². The number of carboxylic acids is 1. The van der Waals surface area contributed by atoms with E-state index in [4.69, 9.17) is 0 Å². The molecule has 1 aromatic carbocycles. The van der Waals surface area contributed by atoms with Gasteiger partial charge in [-0.1, -0.05) is 22.4 Å². The maximum absolute atomic E-state index is 11.7. The van der Waals surface area contributed by atoms with Crippen LogP contribution < -0.4 is 10.4 Å². The molecule has 1 fully saturated rings. The third kappa shape index (κ3) is 1.80. The fourth-order valence-corrected chi connectivity index (χ4v) is 4.20. The number of carboxylic acid groups (broad SMARTS) is 1. The van der Waals surface area contributed by atoms with Gasteiger partial charge in [0.05, 0.1) is 6.04 Å². The van der Waals surface area contributed by atoms with E-state index >= 15 is 0 Å². The van der Waals surface area contributed by atoms with Crippen LogP contribution >= 0.6 is 15.9 Å². The monoisotopic (exact) mass is 347 g/mol. The van der Waals surface area contributed by atoms with Gasteiger partial charge >= 0.3 is 0 Å². The van der Waals surface area contributed by atoms with Crippen molar-refractivity contribution in [3.05, 3.63) is 33.9 Å². The fraction of sp³-hybridized carbons (Fsp3) is 0.438. The first-order chi connectivity index (χ1) is 10.1. The third-order valence-corrected chi connectivity index (χ3v) is 5.61. The summed E-state index contributed by atoms with van der Waals surface area (Å²) in [6, 6.07) is 6.00. The number of nitrogens with one attached hydrogen (secondary N) is 2. The standard InChI is InChI=1S/C16H17BrN2O2/c17-9-2-3-12-11(8-9)10-4-7-18-14(13(10)19-12)16(15(20)21)5-1-6-16/h2-3,8,14,18-19H,1,4-7H2,(H,20,21)/p-1. The molecule has 2 heterocycles. The molecular formula is C16H16BrN2O2-. The van der Waals surface area contributed by atoms with Crippen molar-refractivity contribution in [2.24, 2.45) is 5.41 Å². The Balaban J connectivity index is 1.88. The van der Waals surface area contributed by atoms with Crippen molar-refractivity contribution in [2.75, 3.05) is 6.54 Å². The van der Waals surface area contributed by atoms with Gasteiger partial charge < -0.3 is 20.2 Å². The number of rotatable bonds is 2. The summed E-state index contributed by atoms with van der Waals surface area (Å²) >= 11 is 3.51. The Kier molecular flexibility index (Phi) is 2.91. The van der Waals surface area contributed by atoms with Crippen LogP contribution in [0.15, 0.2) is 22.7 Å². The summed E-state index contributed by atoms with van der Waals surface area (Å²) in [5.74, 6) is -0.918. The molecule has 1 saturated carbocycles. The number of aliphatic carboxylic acids is 1. The number of carbonyl (C=O) groups excluding carboxylic acids is 1. The molecule has 2 N–H and O–H groups in total. The van der Waals surface area contributed by atoms with E-state index in [9.17, 15) is 9.90 Å². The van der Waals surface area contributed by atoms with Gasteiger partial charge in [0.15, 0.2) is 0 Å². The number of fused-ring (bicyclic) bond motifs is 3. The summed E-state index contributed by atoms with van der Waals surface area (Å²) in [6.07, 6.45) is 3.29.